The minimum Gasteiger partial charge on any atom is -0.376 e. The molecule has 3 N–H and O–H groups in total. The predicted molar refractivity (Wildman–Crippen MR) is 111 cm³/mol. The van der Waals surface area contributed by atoms with E-state index in [2.05, 4.69) is 22.9 Å². The average Bonchev–Trinajstić information content (AvgIpc) is 3.17. The lowest BCUT2D eigenvalue weighted by Gasteiger charge is -2.12. The summed E-state index contributed by atoms with van der Waals surface area (Å²) in [6.45, 7) is 3.42. The summed E-state index contributed by atoms with van der Waals surface area (Å²) < 4.78 is 5.51. The molecule has 1 aromatic rings. The maximum Gasteiger partial charge on any atom is 0.251 e. The van der Waals surface area contributed by atoms with Crippen molar-refractivity contribution < 1.29 is 14.3 Å². The van der Waals surface area contributed by atoms with E-state index in [0.717, 1.165) is 45.1 Å². The quantitative estimate of drug-likeness (QED) is 0.444. The van der Waals surface area contributed by atoms with Gasteiger partial charge >= 0.3 is 0 Å². The molecule has 0 aliphatic carbocycles. The highest BCUT2D eigenvalue weighted by atomic mass is 32.1. The van der Waals surface area contributed by atoms with Crippen molar-refractivity contribution in [2.24, 2.45) is 0 Å². The second kappa shape index (κ2) is 11.7. The van der Waals surface area contributed by atoms with E-state index in [1.807, 2.05) is 0 Å². The van der Waals surface area contributed by atoms with Crippen LogP contribution in [0.4, 0.5) is 5.69 Å². The molecule has 148 valence electrons. The van der Waals surface area contributed by atoms with Gasteiger partial charge in [0.25, 0.3) is 5.91 Å². The van der Waals surface area contributed by atoms with Gasteiger partial charge in [0.2, 0.25) is 5.91 Å². The topological polar surface area (TPSA) is 79.5 Å². The Morgan fingerprint density at radius 3 is 2.85 bits per heavy atom. The minimum atomic E-state index is -0.153. The molecule has 1 unspecified atom stereocenters. The molecule has 0 spiro atoms. The van der Waals surface area contributed by atoms with Crippen LogP contribution >= 0.6 is 12.2 Å². The van der Waals surface area contributed by atoms with Crippen LogP contribution in [0.5, 0.6) is 0 Å². The summed E-state index contributed by atoms with van der Waals surface area (Å²) in [6.07, 6.45) is 6.78. The Morgan fingerprint density at radius 2 is 2.11 bits per heavy atom. The van der Waals surface area contributed by atoms with Gasteiger partial charge in [-0.15, -0.1) is 0 Å². The second-order valence-electron chi connectivity index (χ2n) is 6.74. The van der Waals surface area contributed by atoms with Gasteiger partial charge in [0.15, 0.2) is 5.11 Å². The van der Waals surface area contributed by atoms with E-state index in [9.17, 15) is 9.59 Å². The van der Waals surface area contributed by atoms with Crippen LogP contribution in [-0.4, -0.2) is 36.2 Å². The van der Waals surface area contributed by atoms with Gasteiger partial charge in [-0.25, -0.2) is 0 Å². The van der Waals surface area contributed by atoms with Crippen molar-refractivity contribution in [3.05, 3.63) is 29.8 Å². The molecule has 0 bridgehead atoms. The fourth-order valence-corrected chi connectivity index (χ4v) is 3.15. The van der Waals surface area contributed by atoms with Crippen LogP contribution in [0.15, 0.2) is 24.3 Å². The van der Waals surface area contributed by atoms with Gasteiger partial charge in [0, 0.05) is 30.8 Å². The lowest BCUT2D eigenvalue weighted by Crippen LogP contribution is -2.34. The SMILES string of the molecule is CCCCCCC(=O)NC(=S)Nc1cccc(C(=O)NCC2CCCO2)c1. The summed E-state index contributed by atoms with van der Waals surface area (Å²) in [4.78, 5) is 24.2. The molecule has 1 fully saturated rings. The summed E-state index contributed by atoms with van der Waals surface area (Å²) in [5, 5.41) is 8.78. The number of benzene rings is 1. The molecule has 0 radical (unpaired) electrons. The summed E-state index contributed by atoms with van der Waals surface area (Å²) in [5.74, 6) is -0.242. The van der Waals surface area contributed by atoms with Gasteiger partial charge in [-0.2, -0.15) is 0 Å². The molecule has 1 aliphatic heterocycles. The van der Waals surface area contributed by atoms with E-state index in [0.29, 0.717) is 24.2 Å². The summed E-state index contributed by atoms with van der Waals surface area (Å²) in [5.41, 5.74) is 1.20. The van der Waals surface area contributed by atoms with Gasteiger partial charge in [0.1, 0.15) is 0 Å². The molecular formula is C20H29N3O3S. The molecule has 1 aliphatic rings. The Balaban J connectivity index is 1.77. The van der Waals surface area contributed by atoms with Gasteiger partial charge in [-0.3, -0.25) is 9.59 Å². The zero-order chi connectivity index (χ0) is 19.5. The third kappa shape index (κ3) is 8.05. The van der Waals surface area contributed by atoms with Crippen molar-refractivity contribution in [2.75, 3.05) is 18.5 Å². The molecule has 27 heavy (non-hydrogen) atoms. The van der Waals surface area contributed by atoms with Crippen molar-refractivity contribution in [2.45, 2.75) is 58.0 Å². The first-order valence-corrected chi connectivity index (χ1v) is 10.1. The van der Waals surface area contributed by atoms with Crippen LogP contribution in [0.1, 0.15) is 62.2 Å². The second-order valence-corrected chi connectivity index (χ2v) is 7.15. The largest absolute Gasteiger partial charge is 0.376 e. The van der Waals surface area contributed by atoms with Crippen LogP contribution < -0.4 is 16.0 Å². The molecule has 0 saturated carbocycles. The molecule has 7 heteroatoms. The number of carbonyl (C=O) groups excluding carboxylic acids is 2. The van der Waals surface area contributed by atoms with E-state index >= 15 is 0 Å². The number of amides is 2. The maximum atomic E-state index is 12.3. The first-order chi connectivity index (χ1) is 13.1. The minimum absolute atomic E-state index is 0.0888. The number of nitrogens with one attached hydrogen (secondary N) is 3. The van der Waals surface area contributed by atoms with Crippen molar-refractivity contribution in [3.8, 4) is 0 Å². The van der Waals surface area contributed by atoms with Crippen LogP contribution in [0.25, 0.3) is 0 Å². The normalized spacial score (nSPS) is 16.0. The molecule has 1 saturated heterocycles. The smallest absolute Gasteiger partial charge is 0.251 e. The first kappa shape index (κ1) is 21.3. The Kier molecular flexibility index (Phi) is 9.21. The van der Waals surface area contributed by atoms with Gasteiger partial charge in [0.05, 0.1) is 6.10 Å². The van der Waals surface area contributed by atoms with Gasteiger partial charge in [-0.05, 0) is 49.7 Å². The Morgan fingerprint density at radius 1 is 1.26 bits per heavy atom. The highest BCUT2D eigenvalue weighted by Crippen LogP contribution is 2.13. The molecule has 2 rings (SSSR count). The first-order valence-electron chi connectivity index (χ1n) is 9.69. The third-order valence-electron chi connectivity index (χ3n) is 4.41. The van der Waals surface area contributed by atoms with Gasteiger partial charge in [-0.1, -0.05) is 32.3 Å². The standard InChI is InChI=1S/C20H29N3O3S/c1-2-3-4-5-11-18(24)23-20(27)22-16-9-6-8-15(13-16)19(25)21-14-17-10-7-12-26-17/h6,8-9,13,17H,2-5,7,10-12,14H2,1H3,(H,21,25)(H2,22,23,24,27). The summed E-state index contributed by atoms with van der Waals surface area (Å²) in [7, 11) is 0. The lowest BCUT2D eigenvalue weighted by molar-refractivity contribution is -0.119. The van der Waals surface area contributed by atoms with Gasteiger partial charge < -0.3 is 20.7 Å². The molecular weight excluding hydrogens is 362 g/mol. The molecule has 0 aromatic heterocycles. The Labute approximate surface area is 166 Å². The van der Waals surface area contributed by atoms with E-state index in [1.54, 1.807) is 24.3 Å². The number of carbonyl (C=O) groups is 2. The highest BCUT2D eigenvalue weighted by molar-refractivity contribution is 7.80. The number of hydrogen-bond donors (Lipinski definition) is 3. The monoisotopic (exact) mass is 391 g/mol. The fourth-order valence-electron chi connectivity index (χ4n) is 2.92. The van der Waals surface area contributed by atoms with Crippen LogP contribution in [0.3, 0.4) is 0 Å². The number of hydrogen-bond acceptors (Lipinski definition) is 4. The fraction of sp³-hybridized carbons (Fsp3) is 0.550. The van der Waals surface area contributed by atoms with E-state index in [1.165, 1.54) is 0 Å². The highest BCUT2D eigenvalue weighted by Gasteiger charge is 2.16. The lowest BCUT2D eigenvalue weighted by atomic mass is 10.1. The van der Waals surface area contributed by atoms with E-state index in [4.69, 9.17) is 17.0 Å². The van der Waals surface area contributed by atoms with Crippen molar-refractivity contribution in [1.82, 2.24) is 10.6 Å². The van der Waals surface area contributed by atoms with Crippen molar-refractivity contribution in [1.29, 1.82) is 0 Å². The maximum absolute atomic E-state index is 12.3. The summed E-state index contributed by atoms with van der Waals surface area (Å²) in [6, 6.07) is 7.03. The third-order valence-corrected chi connectivity index (χ3v) is 4.61. The number of unbranched alkanes of at least 4 members (excludes halogenated alkanes) is 3. The number of rotatable bonds is 9. The number of thiocarbonyl (C=S) groups is 1. The molecule has 1 aromatic carbocycles. The average molecular weight is 392 g/mol. The zero-order valence-corrected chi connectivity index (χ0v) is 16.7. The van der Waals surface area contributed by atoms with E-state index in [-0.39, 0.29) is 23.0 Å². The van der Waals surface area contributed by atoms with Crippen molar-refractivity contribution in [3.63, 3.8) is 0 Å². The molecule has 1 heterocycles. The number of anilines is 1. The van der Waals surface area contributed by atoms with Crippen LogP contribution in [0.2, 0.25) is 0 Å². The Bertz CT molecular complexity index is 645. The van der Waals surface area contributed by atoms with E-state index < -0.39 is 0 Å². The van der Waals surface area contributed by atoms with Crippen LogP contribution in [0, 0.1) is 0 Å². The Hall–Kier alpha value is -1.99. The predicted octanol–water partition coefficient (Wildman–Crippen LogP) is 3.38. The number of ether oxygens (including phenoxy) is 1. The van der Waals surface area contributed by atoms with Crippen molar-refractivity contribution >= 4 is 34.8 Å². The summed E-state index contributed by atoms with van der Waals surface area (Å²) >= 11 is 5.19. The molecule has 2 amide bonds. The van der Waals surface area contributed by atoms with Crippen LogP contribution in [-0.2, 0) is 9.53 Å². The molecule has 1 atom stereocenters. The molecule has 6 nitrogen and oxygen atoms in total. The zero-order valence-electron chi connectivity index (χ0n) is 15.9.